The Kier molecular flexibility index (Phi) is 2.52. The number of allylic oxidation sites excluding steroid dienone is 6. The van der Waals surface area contributed by atoms with Gasteiger partial charge >= 0.3 is 0 Å². The predicted octanol–water partition coefficient (Wildman–Crippen LogP) is 5.83. The molecule has 0 spiro atoms. The summed E-state index contributed by atoms with van der Waals surface area (Å²) in [5.41, 5.74) is 6.10. The first-order valence-electron chi connectivity index (χ1n) is 7.64. The maximum atomic E-state index is 2.47. The fraction of sp³-hybridized carbons (Fsp3) is 0.200. The van der Waals surface area contributed by atoms with Crippen LogP contribution in [-0.4, -0.2) is 0 Å². The molecule has 0 saturated heterocycles. The summed E-state index contributed by atoms with van der Waals surface area (Å²) in [6.45, 7) is 0. The Bertz CT molecular complexity index is 867. The molecule has 5 rings (SSSR count). The fourth-order valence-electron chi connectivity index (χ4n) is 4.44. The normalized spacial score (nSPS) is 25.4. The minimum Gasteiger partial charge on any atom is -0.0806 e. The second kappa shape index (κ2) is 4.33. The molecule has 3 aliphatic carbocycles. The van der Waals surface area contributed by atoms with Gasteiger partial charge in [-0.2, -0.15) is 0 Å². The van der Waals surface area contributed by atoms with Crippen LogP contribution in [0.1, 0.15) is 29.9 Å². The number of halogens is 1. The highest BCUT2D eigenvalue weighted by Gasteiger charge is 2.37. The zero-order valence-corrected chi connectivity index (χ0v) is 13.8. The van der Waals surface area contributed by atoms with Gasteiger partial charge in [0.25, 0.3) is 0 Å². The monoisotopic (exact) mass is 382 g/mol. The van der Waals surface area contributed by atoms with Gasteiger partial charge in [0.2, 0.25) is 0 Å². The van der Waals surface area contributed by atoms with E-state index in [9.17, 15) is 0 Å². The van der Waals surface area contributed by atoms with Crippen molar-refractivity contribution < 1.29 is 0 Å². The summed E-state index contributed by atoms with van der Waals surface area (Å²) in [4.78, 5) is 0. The zero-order chi connectivity index (χ0) is 14.0. The third-order valence-corrected chi connectivity index (χ3v) is 5.82. The topological polar surface area (TPSA) is 0 Å². The van der Waals surface area contributed by atoms with E-state index >= 15 is 0 Å². The maximum absolute atomic E-state index is 2.47. The molecule has 0 saturated carbocycles. The number of rotatable bonds is 0. The van der Waals surface area contributed by atoms with Gasteiger partial charge in [-0.3, -0.25) is 0 Å². The molecule has 0 heterocycles. The van der Waals surface area contributed by atoms with E-state index in [2.05, 4.69) is 77.2 Å². The highest BCUT2D eigenvalue weighted by molar-refractivity contribution is 14.1. The number of hydrogen-bond acceptors (Lipinski definition) is 0. The SMILES string of the molecule is Ic1cc2c3c(cccc3c1)C1=CC=CC3=CCCC2C31. The molecule has 102 valence electrons. The summed E-state index contributed by atoms with van der Waals surface area (Å²) < 4.78 is 1.36. The molecule has 0 N–H and O–H groups in total. The van der Waals surface area contributed by atoms with Crippen LogP contribution < -0.4 is 0 Å². The Morgan fingerprint density at radius 1 is 1.14 bits per heavy atom. The fourth-order valence-corrected chi connectivity index (χ4v) is 5.11. The van der Waals surface area contributed by atoms with Crippen LogP contribution in [0.3, 0.4) is 0 Å². The van der Waals surface area contributed by atoms with Crippen molar-refractivity contribution >= 4 is 38.9 Å². The van der Waals surface area contributed by atoms with Gasteiger partial charge in [0, 0.05) is 9.49 Å². The van der Waals surface area contributed by atoms with E-state index in [4.69, 9.17) is 0 Å². The van der Waals surface area contributed by atoms with Crippen molar-refractivity contribution in [1.29, 1.82) is 0 Å². The van der Waals surface area contributed by atoms with Gasteiger partial charge in [-0.1, -0.05) is 42.5 Å². The van der Waals surface area contributed by atoms with Crippen molar-refractivity contribution in [3.8, 4) is 0 Å². The average Bonchev–Trinajstić information content (AvgIpc) is 2.51. The van der Waals surface area contributed by atoms with Crippen molar-refractivity contribution in [2.24, 2.45) is 5.92 Å². The highest BCUT2D eigenvalue weighted by atomic mass is 127. The molecule has 0 aliphatic heterocycles. The molecule has 3 aliphatic rings. The van der Waals surface area contributed by atoms with Gasteiger partial charge in [-0.15, -0.1) is 0 Å². The molecular weight excluding hydrogens is 367 g/mol. The summed E-state index contributed by atoms with van der Waals surface area (Å²) in [5, 5.41) is 2.90. The van der Waals surface area contributed by atoms with Gasteiger partial charge in [0.1, 0.15) is 0 Å². The summed E-state index contributed by atoms with van der Waals surface area (Å²) in [5.74, 6) is 1.24. The number of benzene rings is 2. The minimum atomic E-state index is 0.583. The van der Waals surface area contributed by atoms with Gasteiger partial charge < -0.3 is 0 Å². The van der Waals surface area contributed by atoms with E-state index in [1.807, 2.05) is 0 Å². The van der Waals surface area contributed by atoms with Gasteiger partial charge in [0.05, 0.1) is 0 Å². The van der Waals surface area contributed by atoms with Crippen LogP contribution >= 0.6 is 22.6 Å². The van der Waals surface area contributed by atoms with Gasteiger partial charge in [-0.25, -0.2) is 0 Å². The molecule has 0 radical (unpaired) electrons. The lowest BCUT2D eigenvalue weighted by atomic mass is 9.63. The minimum absolute atomic E-state index is 0.583. The molecule has 0 amide bonds. The molecule has 1 heteroatoms. The second-order valence-electron chi connectivity index (χ2n) is 6.25. The molecule has 0 nitrogen and oxygen atoms in total. The lowest BCUT2D eigenvalue weighted by Crippen LogP contribution is -2.25. The Hall–Kier alpha value is -1.35. The first-order chi connectivity index (χ1) is 10.3. The molecule has 0 bridgehead atoms. The summed E-state index contributed by atoms with van der Waals surface area (Å²) in [7, 11) is 0. The van der Waals surface area contributed by atoms with E-state index in [1.165, 1.54) is 43.9 Å². The predicted molar refractivity (Wildman–Crippen MR) is 97.3 cm³/mol. The number of hydrogen-bond donors (Lipinski definition) is 0. The van der Waals surface area contributed by atoms with Crippen molar-refractivity contribution in [3.05, 3.63) is 74.9 Å². The molecule has 2 atom stereocenters. The number of fused-ring (bicyclic) bond motifs is 2. The Balaban J connectivity index is 1.94. The van der Waals surface area contributed by atoms with Crippen LogP contribution in [-0.2, 0) is 0 Å². The Morgan fingerprint density at radius 2 is 2.10 bits per heavy atom. The lowest BCUT2D eigenvalue weighted by Gasteiger charge is -2.40. The molecule has 21 heavy (non-hydrogen) atoms. The van der Waals surface area contributed by atoms with E-state index in [-0.39, 0.29) is 0 Å². The molecule has 2 aromatic carbocycles. The molecular formula is C20H15I. The smallest absolute Gasteiger partial charge is 0.0161 e. The zero-order valence-electron chi connectivity index (χ0n) is 11.6. The van der Waals surface area contributed by atoms with Crippen molar-refractivity contribution in [3.63, 3.8) is 0 Å². The second-order valence-corrected chi connectivity index (χ2v) is 7.49. The first kappa shape index (κ1) is 12.2. The van der Waals surface area contributed by atoms with Crippen LogP contribution in [0.2, 0.25) is 0 Å². The van der Waals surface area contributed by atoms with E-state index < -0.39 is 0 Å². The van der Waals surface area contributed by atoms with E-state index in [1.54, 1.807) is 5.56 Å². The quantitative estimate of drug-likeness (QED) is 0.503. The van der Waals surface area contributed by atoms with Crippen molar-refractivity contribution in [2.75, 3.05) is 0 Å². The molecule has 0 aromatic heterocycles. The van der Waals surface area contributed by atoms with Crippen LogP contribution in [0.25, 0.3) is 16.3 Å². The van der Waals surface area contributed by atoms with Crippen molar-refractivity contribution in [2.45, 2.75) is 18.8 Å². The van der Waals surface area contributed by atoms with E-state index in [0.717, 1.165) is 0 Å². The van der Waals surface area contributed by atoms with Crippen LogP contribution in [0.5, 0.6) is 0 Å². The first-order valence-corrected chi connectivity index (χ1v) is 8.71. The molecule has 2 aromatic rings. The maximum Gasteiger partial charge on any atom is 0.0161 e. The van der Waals surface area contributed by atoms with Crippen molar-refractivity contribution in [1.82, 2.24) is 0 Å². The largest absolute Gasteiger partial charge is 0.0806 e. The highest BCUT2D eigenvalue weighted by Crippen LogP contribution is 2.54. The standard InChI is InChI=1S/C20H15I/c21-14-10-13-6-3-8-16-15-7-1-4-12-5-2-9-17(19(12)15)18(11-14)20(13)16/h1,3-8,10-11,17,19H,2,9H2. The van der Waals surface area contributed by atoms with E-state index in [0.29, 0.717) is 11.8 Å². The van der Waals surface area contributed by atoms with Gasteiger partial charge in [0.15, 0.2) is 0 Å². The van der Waals surface area contributed by atoms with Crippen LogP contribution in [0.15, 0.2) is 60.2 Å². The summed E-state index contributed by atoms with van der Waals surface area (Å²) in [6, 6.07) is 11.5. The van der Waals surface area contributed by atoms with Crippen LogP contribution in [0, 0.1) is 9.49 Å². The summed E-state index contributed by atoms with van der Waals surface area (Å²) in [6.07, 6.45) is 11.8. The summed E-state index contributed by atoms with van der Waals surface area (Å²) >= 11 is 2.47. The van der Waals surface area contributed by atoms with Gasteiger partial charge in [-0.05, 0) is 86.5 Å². The third kappa shape index (κ3) is 1.61. The third-order valence-electron chi connectivity index (χ3n) is 5.20. The lowest BCUT2D eigenvalue weighted by molar-refractivity contribution is 0.520. The van der Waals surface area contributed by atoms with Crippen LogP contribution in [0.4, 0.5) is 0 Å². The molecule has 2 unspecified atom stereocenters. The molecule has 0 fully saturated rings. The Morgan fingerprint density at radius 3 is 3.05 bits per heavy atom. The Labute approximate surface area is 138 Å². The average molecular weight is 382 g/mol.